The van der Waals surface area contributed by atoms with Crippen LogP contribution in [0.15, 0.2) is 18.2 Å². The van der Waals surface area contributed by atoms with Crippen molar-refractivity contribution >= 4 is 5.97 Å². The highest BCUT2D eigenvalue weighted by Gasteiger charge is 2.13. The molecule has 3 nitrogen and oxygen atoms in total. The van der Waals surface area contributed by atoms with E-state index in [-0.39, 0.29) is 5.56 Å². The van der Waals surface area contributed by atoms with Crippen LogP contribution in [0.2, 0.25) is 0 Å². The Balaban J connectivity index is 2.80. The molecule has 0 aromatic heterocycles. The van der Waals surface area contributed by atoms with E-state index < -0.39 is 11.8 Å². The van der Waals surface area contributed by atoms with Crippen LogP contribution in [-0.4, -0.2) is 31.1 Å². The van der Waals surface area contributed by atoms with Gasteiger partial charge in [-0.05, 0) is 30.2 Å². The van der Waals surface area contributed by atoms with Crippen LogP contribution in [0.3, 0.4) is 0 Å². The minimum atomic E-state index is -0.640. The van der Waals surface area contributed by atoms with Gasteiger partial charge in [0.05, 0.1) is 12.7 Å². The fourth-order valence-corrected chi connectivity index (χ4v) is 2.01. The summed E-state index contributed by atoms with van der Waals surface area (Å²) in [7, 11) is 1.25. The third kappa shape index (κ3) is 4.63. The third-order valence-electron chi connectivity index (χ3n) is 2.92. The molecule has 0 saturated heterocycles. The van der Waals surface area contributed by atoms with E-state index in [2.05, 4.69) is 30.4 Å². The SMILES string of the molecule is CCN(Cc1ccc(C(=O)OC)c(F)c1)CC(C)C. The minimum absolute atomic E-state index is 0.0156. The lowest BCUT2D eigenvalue weighted by atomic mass is 10.1. The number of esters is 1. The zero-order chi connectivity index (χ0) is 14.4. The highest BCUT2D eigenvalue weighted by molar-refractivity contribution is 5.89. The monoisotopic (exact) mass is 267 g/mol. The predicted molar refractivity (Wildman–Crippen MR) is 73.5 cm³/mol. The van der Waals surface area contributed by atoms with Crippen molar-refractivity contribution in [2.75, 3.05) is 20.2 Å². The van der Waals surface area contributed by atoms with E-state index >= 15 is 0 Å². The van der Waals surface area contributed by atoms with Crippen LogP contribution in [-0.2, 0) is 11.3 Å². The molecule has 4 heteroatoms. The second kappa shape index (κ2) is 7.24. The molecule has 0 radical (unpaired) electrons. The Hall–Kier alpha value is -1.42. The number of hydrogen-bond acceptors (Lipinski definition) is 3. The lowest BCUT2D eigenvalue weighted by Crippen LogP contribution is -2.27. The molecular weight excluding hydrogens is 245 g/mol. The summed E-state index contributed by atoms with van der Waals surface area (Å²) < 4.78 is 18.3. The molecule has 0 saturated carbocycles. The lowest BCUT2D eigenvalue weighted by Gasteiger charge is -2.22. The molecule has 0 atom stereocenters. The predicted octanol–water partition coefficient (Wildman–Crippen LogP) is 3.09. The molecule has 106 valence electrons. The molecule has 0 unspecified atom stereocenters. The van der Waals surface area contributed by atoms with Crippen LogP contribution in [0.1, 0.15) is 36.7 Å². The van der Waals surface area contributed by atoms with Gasteiger partial charge in [-0.2, -0.15) is 0 Å². The van der Waals surface area contributed by atoms with E-state index in [4.69, 9.17) is 0 Å². The standard InChI is InChI=1S/C15H22FNO2/c1-5-17(9-11(2)3)10-12-6-7-13(14(16)8-12)15(18)19-4/h6-8,11H,5,9-10H2,1-4H3. The van der Waals surface area contributed by atoms with Gasteiger partial charge in [-0.15, -0.1) is 0 Å². The third-order valence-corrected chi connectivity index (χ3v) is 2.92. The fraction of sp³-hybridized carbons (Fsp3) is 0.533. The maximum Gasteiger partial charge on any atom is 0.340 e. The first-order valence-electron chi connectivity index (χ1n) is 6.57. The van der Waals surface area contributed by atoms with Crippen molar-refractivity contribution in [1.29, 1.82) is 0 Å². The largest absolute Gasteiger partial charge is 0.465 e. The summed E-state index contributed by atoms with van der Waals surface area (Å²) in [5, 5.41) is 0. The molecule has 1 aromatic rings. The Morgan fingerprint density at radius 3 is 2.58 bits per heavy atom. The number of carbonyl (C=O) groups excluding carboxylic acids is 1. The van der Waals surface area contributed by atoms with E-state index in [1.165, 1.54) is 19.2 Å². The van der Waals surface area contributed by atoms with Crippen LogP contribution >= 0.6 is 0 Å². The van der Waals surface area contributed by atoms with Crippen LogP contribution in [0.25, 0.3) is 0 Å². The number of carbonyl (C=O) groups is 1. The summed E-state index contributed by atoms with van der Waals surface area (Å²) >= 11 is 0. The summed E-state index contributed by atoms with van der Waals surface area (Å²) in [6.45, 7) is 8.97. The van der Waals surface area contributed by atoms with Crippen molar-refractivity contribution in [1.82, 2.24) is 4.90 Å². The highest BCUT2D eigenvalue weighted by Crippen LogP contribution is 2.14. The number of methoxy groups -OCH3 is 1. The molecule has 0 heterocycles. The number of halogens is 1. The number of rotatable bonds is 6. The molecule has 19 heavy (non-hydrogen) atoms. The van der Waals surface area contributed by atoms with Gasteiger partial charge in [0.15, 0.2) is 0 Å². The van der Waals surface area contributed by atoms with E-state index in [0.29, 0.717) is 12.5 Å². The quantitative estimate of drug-likeness (QED) is 0.742. The van der Waals surface area contributed by atoms with Crippen molar-refractivity contribution < 1.29 is 13.9 Å². The van der Waals surface area contributed by atoms with E-state index in [1.54, 1.807) is 6.07 Å². The van der Waals surface area contributed by atoms with E-state index in [9.17, 15) is 9.18 Å². The maximum absolute atomic E-state index is 13.8. The summed E-state index contributed by atoms with van der Waals surface area (Å²) in [5.74, 6) is -0.595. The summed E-state index contributed by atoms with van der Waals surface area (Å²) in [5.41, 5.74) is 0.853. The first-order valence-corrected chi connectivity index (χ1v) is 6.57. The molecule has 1 aromatic carbocycles. The Labute approximate surface area is 114 Å². The fourth-order valence-electron chi connectivity index (χ4n) is 2.01. The number of ether oxygens (including phenoxy) is 1. The van der Waals surface area contributed by atoms with Gasteiger partial charge in [-0.3, -0.25) is 4.90 Å². The summed E-state index contributed by atoms with van der Waals surface area (Å²) in [6, 6.07) is 4.67. The van der Waals surface area contributed by atoms with Crippen molar-refractivity contribution in [3.05, 3.63) is 35.1 Å². The van der Waals surface area contributed by atoms with Gasteiger partial charge >= 0.3 is 5.97 Å². The topological polar surface area (TPSA) is 29.5 Å². The van der Waals surface area contributed by atoms with Crippen molar-refractivity contribution in [3.63, 3.8) is 0 Å². The first kappa shape index (κ1) is 15.6. The molecule has 0 N–H and O–H groups in total. The van der Waals surface area contributed by atoms with Crippen LogP contribution < -0.4 is 0 Å². The molecule has 0 aliphatic carbocycles. The molecule has 1 rings (SSSR count). The van der Waals surface area contributed by atoms with Crippen molar-refractivity contribution in [2.24, 2.45) is 5.92 Å². The van der Waals surface area contributed by atoms with Gasteiger partial charge in [0.2, 0.25) is 0 Å². The summed E-state index contributed by atoms with van der Waals surface area (Å²) in [4.78, 5) is 13.5. The van der Waals surface area contributed by atoms with Gasteiger partial charge in [0.1, 0.15) is 5.82 Å². The van der Waals surface area contributed by atoms with Gasteiger partial charge in [0.25, 0.3) is 0 Å². The van der Waals surface area contributed by atoms with Crippen LogP contribution in [0, 0.1) is 11.7 Å². The minimum Gasteiger partial charge on any atom is -0.465 e. The molecule has 0 amide bonds. The smallest absolute Gasteiger partial charge is 0.340 e. The van der Waals surface area contributed by atoms with E-state index in [1.807, 2.05) is 0 Å². The first-order chi connectivity index (χ1) is 8.97. The normalized spacial score (nSPS) is 11.1. The van der Waals surface area contributed by atoms with Gasteiger partial charge in [-0.1, -0.05) is 26.8 Å². The average molecular weight is 267 g/mol. The van der Waals surface area contributed by atoms with E-state index in [0.717, 1.165) is 18.7 Å². The second-order valence-electron chi connectivity index (χ2n) is 5.03. The lowest BCUT2D eigenvalue weighted by molar-refractivity contribution is 0.0595. The zero-order valence-electron chi connectivity index (χ0n) is 12.1. The number of nitrogens with zero attached hydrogens (tertiary/aromatic N) is 1. The van der Waals surface area contributed by atoms with Crippen LogP contribution in [0.4, 0.5) is 4.39 Å². The summed E-state index contributed by atoms with van der Waals surface area (Å²) in [6.07, 6.45) is 0. The molecule has 0 aliphatic heterocycles. The number of hydrogen-bond donors (Lipinski definition) is 0. The molecule has 0 fully saturated rings. The Morgan fingerprint density at radius 1 is 1.42 bits per heavy atom. The molecule has 0 aliphatic rings. The molecular formula is C15H22FNO2. The van der Waals surface area contributed by atoms with Gasteiger partial charge < -0.3 is 4.74 Å². The Bertz CT molecular complexity index is 432. The highest BCUT2D eigenvalue weighted by atomic mass is 19.1. The average Bonchev–Trinajstić information content (AvgIpc) is 2.36. The van der Waals surface area contributed by atoms with Gasteiger partial charge in [-0.25, -0.2) is 9.18 Å². The molecule has 0 bridgehead atoms. The van der Waals surface area contributed by atoms with Gasteiger partial charge in [0, 0.05) is 13.1 Å². The van der Waals surface area contributed by atoms with Crippen LogP contribution in [0.5, 0.6) is 0 Å². The van der Waals surface area contributed by atoms with Crippen molar-refractivity contribution in [2.45, 2.75) is 27.3 Å². The zero-order valence-corrected chi connectivity index (χ0v) is 12.1. The Morgan fingerprint density at radius 2 is 2.11 bits per heavy atom. The number of benzene rings is 1. The Kier molecular flexibility index (Phi) is 5.96. The maximum atomic E-state index is 13.8. The molecule has 0 spiro atoms. The van der Waals surface area contributed by atoms with Crippen molar-refractivity contribution in [3.8, 4) is 0 Å². The second-order valence-corrected chi connectivity index (χ2v) is 5.03.